The minimum atomic E-state index is -1.19. The van der Waals surface area contributed by atoms with Gasteiger partial charge in [-0.3, -0.25) is 33.6 Å². The molecule has 1 saturated heterocycles. The van der Waals surface area contributed by atoms with Crippen LogP contribution in [0.1, 0.15) is 85.8 Å². The van der Waals surface area contributed by atoms with Gasteiger partial charge >= 0.3 is 0 Å². The molecule has 13 nitrogen and oxygen atoms in total. The Bertz CT molecular complexity index is 1320. The molecule has 5 atom stereocenters. The number of likely N-dealkylation sites (N-methyl/N-ethyl adjacent to an activating group) is 1. The van der Waals surface area contributed by atoms with Crippen molar-refractivity contribution in [2.75, 3.05) is 27.2 Å². The van der Waals surface area contributed by atoms with E-state index in [1.807, 2.05) is 41.5 Å². The third kappa shape index (κ3) is 10.9. The van der Waals surface area contributed by atoms with Crippen molar-refractivity contribution in [3.8, 4) is 0 Å². The molecule has 0 bridgehead atoms. The van der Waals surface area contributed by atoms with Gasteiger partial charge in [0.25, 0.3) is 5.91 Å². The van der Waals surface area contributed by atoms with Crippen LogP contribution in [0.2, 0.25) is 0 Å². The number of Topliss-reactive ketones (excluding diaryl/α,β-unsaturated/α-hetero) is 1. The Balaban J connectivity index is 2.22. The van der Waals surface area contributed by atoms with Gasteiger partial charge in [0.1, 0.15) is 18.1 Å². The molecule has 1 aromatic rings. The molecule has 1 aliphatic rings. The Morgan fingerprint density at radius 3 is 2.10 bits per heavy atom. The molecule has 0 aliphatic carbocycles. The molecule has 1 heterocycles. The molecule has 4 N–H and O–H groups in total. The maximum atomic E-state index is 13.9. The molecular weight excluding hydrogens is 616 g/mol. The van der Waals surface area contributed by atoms with Crippen LogP contribution >= 0.6 is 0 Å². The third-order valence-corrected chi connectivity index (χ3v) is 8.55. The molecule has 1 aromatic carbocycles. The summed E-state index contributed by atoms with van der Waals surface area (Å²) in [6.45, 7) is 12.4. The number of ketones is 1. The van der Waals surface area contributed by atoms with Gasteiger partial charge < -0.3 is 31.1 Å². The topological polar surface area (TPSA) is 174 Å². The van der Waals surface area contributed by atoms with Crippen molar-refractivity contribution in [3.63, 3.8) is 0 Å². The number of hydrogen-bond donors (Lipinski definition) is 4. The van der Waals surface area contributed by atoms with E-state index in [9.17, 15) is 33.6 Å². The molecule has 0 aromatic heterocycles. The van der Waals surface area contributed by atoms with Crippen LogP contribution in [-0.4, -0.2) is 96.3 Å². The number of nitrogens with zero attached hydrogens (tertiary/aromatic N) is 2. The summed E-state index contributed by atoms with van der Waals surface area (Å²) in [7, 11) is 3.12. The highest BCUT2D eigenvalue weighted by atomic mass is 16.2. The van der Waals surface area contributed by atoms with Gasteiger partial charge in [0, 0.05) is 27.6 Å². The third-order valence-electron chi connectivity index (χ3n) is 8.55. The Morgan fingerprint density at radius 2 is 1.58 bits per heavy atom. The zero-order chi connectivity index (χ0) is 36.3. The van der Waals surface area contributed by atoms with Crippen LogP contribution in [0, 0.1) is 17.3 Å². The van der Waals surface area contributed by atoms with Crippen LogP contribution in [0.15, 0.2) is 30.3 Å². The standard InChI is InChI=1S/C35H54N6O7/c1-10-11-17-25(29(44)32(46)36-20-26(43)39-27(33(47)40(8)9)23-15-13-12-14-16-23)38-31(45)28-24(21(2)3)18-19-41(28)34(48)30(35(5,6)7)37-22(4)42/h12-16,21,24-25,27-28,30H,10-11,17-20H2,1-9H3,(H,36,46)(H,37,42)(H,38,45)(H,39,43)/t24?,25?,27-,28-,30?/m0/s1. The van der Waals surface area contributed by atoms with Crippen molar-refractivity contribution in [1.82, 2.24) is 31.1 Å². The number of rotatable bonds is 15. The monoisotopic (exact) mass is 670 g/mol. The summed E-state index contributed by atoms with van der Waals surface area (Å²) >= 11 is 0. The Morgan fingerprint density at radius 1 is 0.958 bits per heavy atom. The van der Waals surface area contributed by atoms with Crippen molar-refractivity contribution >= 4 is 41.2 Å². The quantitative estimate of drug-likeness (QED) is 0.206. The lowest BCUT2D eigenvalue weighted by molar-refractivity contribution is -0.146. The van der Waals surface area contributed by atoms with E-state index in [2.05, 4.69) is 21.3 Å². The van der Waals surface area contributed by atoms with Gasteiger partial charge in [0.2, 0.25) is 35.3 Å². The zero-order valence-electron chi connectivity index (χ0n) is 29.8. The van der Waals surface area contributed by atoms with Gasteiger partial charge in [-0.15, -0.1) is 0 Å². The fourth-order valence-corrected chi connectivity index (χ4v) is 5.86. The Kier molecular flexibility index (Phi) is 14.7. The van der Waals surface area contributed by atoms with Crippen molar-refractivity contribution < 1.29 is 33.6 Å². The normalized spacial score (nSPS) is 17.9. The van der Waals surface area contributed by atoms with E-state index in [1.54, 1.807) is 44.4 Å². The lowest BCUT2D eigenvalue weighted by Crippen LogP contribution is -2.60. The van der Waals surface area contributed by atoms with E-state index in [0.717, 1.165) is 0 Å². The predicted molar refractivity (Wildman–Crippen MR) is 181 cm³/mol. The Labute approximate surface area is 284 Å². The molecule has 0 spiro atoms. The molecule has 0 radical (unpaired) electrons. The molecule has 13 heteroatoms. The predicted octanol–water partition coefficient (Wildman–Crippen LogP) is 1.72. The van der Waals surface area contributed by atoms with Crippen LogP contribution in [0.5, 0.6) is 0 Å². The number of amides is 6. The maximum absolute atomic E-state index is 13.9. The first-order valence-electron chi connectivity index (χ1n) is 16.7. The molecule has 1 aliphatic heterocycles. The summed E-state index contributed by atoms with van der Waals surface area (Å²) in [4.78, 5) is 94.6. The summed E-state index contributed by atoms with van der Waals surface area (Å²) in [5.74, 6) is -4.52. The fraction of sp³-hybridized carbons (Fsp3) is 0.629. The second-order valence-electron chi connectivity index (χ2n) is 14.1. The first-order chi connectivity index (χ1) is 22.4. The molecule has 266 valence electrons. The van der Waals surface area contributed by atoms with Gasteiger partial charge in [-0.25, -0.2) is 0 Å². The second kappa shape index (κ2) is 17.7. The number of carbonyl (C=O) groups is 7. The van der Waals surface area contributed by atoms with Gasteiger partial charge in [-0.1, -0.05) is 84.7 Å². The smallest absolute Gasteiger partial charge is 0.290 e. The molecule has 48 heavy (non-hydrogen) atoms. The minimum absolute atomic E-state index is 0.0260. The minimum Gasteiger partial charge on any atom is -0.347 e. The van der Waals surface area contributed by atoms with Crippen molar-refractivity contribution in [1.29, 1.82) is 0 Å². The molecule has 1 fully saturated rings. The molecule has 2 rings (SSSR count). The number of hydrogen-bond acceptors (Lipinski definition) is 7. The van der Waals surface area contributed by atoms with Crippen molar-refractivity contribution in [2.24, 2.45) is 17.3 Å². The second-order valence-corrected chi connectivity index (χ2v) is 14.1. The highest BCUT2D eigenvalue weighted by Crippen LogP contribution is 2.33. The largest absolute Gasteiger partial charge is 0.347 e. The van der Waals surface area contributed by atoms with Crippen molar-refractivity contribution in [2.45, 2.75) is 98.3 Å². The van der Waals surface area contributed by atoms with Crippen LogP contribution in [0.3, 0.4) is 0 Å². The van der Waals surface area contributed by atoms with E-state index in [1.165, 1.54) is 16.7 Å². The first-order valence-corrected chi connectivity index (χ1v) is 16.7. The summed E-state index contributed by atoms with van der Waals surface area (Å²) < 4.78 is 0. The van der Waals surface area contributed by atoms with Crippen molar-refractivity contribution in [3.05, 3.63) is 35.9 Å². The maximum Gasteiger partial charge on any atom is 0.290 e. The Hall–Kier alpha value is -4.29. The van der Waals surface area contributed by atoms with Crippen LogP contribution in [0.4, 0.5) is 0 Å². The molecule has 3 unspecified atom stereocenters. The number of likely N-dealkylation sites (tertiary alicyclic amines) is 1. The van der Waals surface area contributed by atoms with E-state index >= 15 is 0 Å². The summed E-state index contributed by atoms with van der Waals surface area (Å²) in [6, 6.07) is 4.67. The zero-order valence-corrected chi connectivity index (χ0v) is 29.8. The molecular formula is C35H54N6O7. The number of benzene rings is 1. The number of unbranched alkanes of at least 4 members (excludes halogenated alkanes) is 1. The SMILES string of the molecule is CCCCC(NC(=O)[C@@H]1C(C(C)C)CCN1C(=O)C(NC(C)=O)C(C)(C)C)C(=O)C(=O)NCC(=O)N[C@H](C(=O)N(C)C)c1ccccc1. The summed E-state index contributed by atoms with van der Waals surface area (Å²) in [5.41, 5.74) is -0.0794. The molecule has 6 amide bonds. The highest BCUT2D eigenvalue weighted by Gasteiger charge is 2.47. The fourth-order valence-electron chi connectivity index (χ4n) is 5.86. The highest BCUT2D eigenvalue weighted by molar-refractivity contribution is 6.38. The van der Waals surface area contributed by atoms with Gasteiger partial charge in [-0.05, 0) is 35.7 Å². The van der Waals surface area contributed by atoms with E-state index in [4.69, 9.17) is 0 Å². The van der Waals surface area contributed by atoms with E-state index in [0.29, 0.717) is 31.4 Å². The average molecular weight is 671 g/mol. The van der Waals surface area contributed by atoms with E-state index < -0.39 is 59.6 Å². The van der Waals surface area contributed by atoms with Gasteiger partial charge in [0.05, 0.1) is 12.6 Å². The average Bonchev–Trinajstić information content (AvgIpc) is 3.48. The first kappa shape index (κ1) is 39.9. The number of carbonyl (C=O) groups excluding carboxylic acids is 7. The van der Waals surface area contributed by atoms with Gasteiger partial charge in [-0.2, -0.15) is 0 Å². The molecule has 0 saturated carbocycles. The van der Waals surface area contributed by atoms with Crippen LogP contribution < -0.4 is 21.3 Å². The lowest BCUT2D eigenvalue weighted by atomic mass is 9.84. The van der Waals surface area contributed by atoms with Gasteiger partial charge in [0.15, 0.2) is 0 Å². The summed E-state index contributed by atoms with van der Waals surface area (Å²) in [5, 5.41) is 10.4. The van der Waals surface area contributed by atoms with Crippen LogP contribution in [0.25, 0.3) is 0 Å². The van der Waals surface area contributed by atoms with E-state index in [-0.39, 0.29) is 36.0 Å². The number of nitrogens with one attached hydrogen (secondary N) is 4. The summed E-state index contributed by atoms with van der Waals surface area (Å²) in [6.07, 6.45) is 1.96. The lowest BCUT2D eigenvalue weighted by Gasteiger charge is -2.37. The van der Waals surface area contributed by atoms with Crippen LogP contribution in [-0.2, 0) is 33.6 Å².